The van der Waals surface area contributed by atoms with Crippen molar-refractivity contribution in [3.05, 3.63) is 24.0 Å². The van der Waals surface area contributed by atoms with Crippen molar-refractivity contribution in [1.29, 1.82) is 0 Å². The van der Waals surface area contributed by atoms with Crippen molar-refractivity contribution in [2.45, 2.75) is 25.1 Å². The fourth-order valence-corrected chi connectivity index (χ4v) is 3.44. The first-order valence-corrected chi connectivity index (χ1v) is 6.93. The topological polar surface area (TPSA) is 19.4 Å². The molecular formula is C14H18F3N3. The highest BCUT2D eigenvalue weighted by Gasteiger charge is 2.38. The van der Waals surface area contributed by atoms with Crippen molar-refractivity contribution in [2.75, 3.05) is 31.6 Å². The Kier molecular flexibility index (Phi) is 3.36. The van der Waals surface area contributed by atoms with Crippen molar-refractivity contribution in [2.24, 2.45) is 5.92 Å². The molecule has 1 aromatic rings. The van der Waals surface area contributed by atoms with E-state index in [4.69, 9.17) is 0 Å². The van der Waals surface area contributed by atoms with Crippen LogP contribution in [0.25, 0.3) is 0 Å². The van der Waals surface area contributed by atoms with E-state index in [1.165, 1.54) is 12.3 Å². The molecule has 1 aromatic heterocycles. The van der Waals surface area contributed by atoms with Gasteiger partial charge in [-0.2, -0.15) is 13.2 Å². The van der Waals surface area contributed by atoms with Gasteiger partial charge in [-0.1, -0.05) is 0 Å². The Morgan fingerprint density at radius 1 is 1.25 bits per heavy atom. The Morgan fingerprint density at radius 3 is 2.80 bits per heavy atom. The average Bonchev–Trinajstić information content (AvgIpc) is 2.80. The third-order valence-electron chi connectivity index (χ3n) is 4.40. The monoisotopic (exact) mass is 285 g/mol. The predicted molar refractivity (Wildman–Crippen MR) is 70.6 cm³/mol. The summed E-state index contributed by atoms with van der Waals surface area (Å²) in [5.74, 6) is 0.566. The molecule has 2 saturated heterocycles. The van der Waals surface area contributed by atoms with Gasteiger partial charge in [-0.25, -0.2) is 0 Å². The zero-order valence-corrected chi connectivity index (χ0v) is 11.4. The van der Waals surface area contributed by atoms with Crippen molar-refractivity contribution >= 4 is 5.69 Å². The Bertz CT molecular complexity index is 489. The van der Waals surface area contributed by atoms with Crippen LogP contribution in [0.2, 0.25) is 0 Å². The second kappa shape index (κ2) is 4.91. The minimum Gasteiger partial charge on any atom is -0.368 e. The van der Waals surface area contributed by atoms with E-state index in [1.54, 1.807) is 6.07 Å². The van der Waals surface area contributed by atoms with Gasteiger partial charge in [0.2, 0.25) is 0 Å². The molecule has 2 aliphatic rings. The lowest BCUT2D eigenvalue weighted by atomic mass is 9.93. The van der Waals surface area contributed by atoms with Gasteiger partial charge in [0.15, 0.2) is 0 Å². The van der Waals surface area contributed by atoms with Gasteiger partial charge in [0.25, 0.3) is 0 Å². The van der Waals surface area contributed by atoms with Crippen LogP contribution in [-0.2, 0) is 6.18 Å². The van der Waals surface area contributed by atoms with Crippen LogP contribution in [0.15, 0.2) is 18.3 Å². The third kappa shape index (κ3) is 2.49. The van der Waals surface area contributed by atoms with E-state index in [1.807, 2.05) is 0 Å². The molecule has 0 spiro atoms. The fourth-order valence-electron chi connectivity index (χ4n) is 3.44. The minimum atomic E-state index is -4.37. The first-order valence-electron chi connectivity index (χ1n) is 6.93. The molecule has 3 nitrogen and oxygen atoms in total. The predicted octanol–water partition coefficient (Wildman–Crippen LogP) is 2.63. The van der Waals surface area contributed by atoms with Crippen LogP contribution in [-0.4, -0.2) is 42.6 Å². The number of rotatable bonds is 1. The lowest BCUT2D eigenvalue weighted by Crippen LogP contribution is -2.44. The summed E-state index contributed by atoms with van der Waals surface area (Å²) in [6, 6.07) is 3.24. The molecule has 0 amide bonds. The third-order valence-corrected chi connectivity index (χ3v) is 4.40. The highest BCUT2D eigenvalue weighted by Crippen LogP contribution is 2.36. The van der Waals surface area contributed by atoms with Gasteiger partial charge < -0.3 is 9.80 Å². The highest BCUT2D eigenvalue weighted by atomic mass is 19.4. The van der Waals surface area contributed by atoms with E-state index in [2.05, 4.69) is 21.8 Å². The molecule has 2 aliphatic heterocycles. The summed E-state index contributed by atoms with van der Waals surface area (Å²) in [4.78, 5) is 7.88. The maximum atomic E-state index is 12.8. The zero-order valence-electron chi connectivity index (χ0n) is 11.4. The number of hydrogen-bond acceptors (Lipinski definition) is 3. The summed E-state index contributed by atoms with van der Waals surface area (Å²) in [5, 5.41) is 0. The number of fused-ring (bicyclic) bond motifs is 1. The highest BCUT2D eigenvalue weighted by molar-refractivity contribution is 5.49. The zero-order chi connectivity index (χ0) is 14.3. The van der Waals surface area contributed by atoms with Gasteiger partial charge in [-0.05, 0) is 44.5 Å². The van der Waals surface area contributed by atoms with Gasteiger partial charge in [0.05, 0.1) is 0 Å². The molecule has 2 fully saturated rings. The van der Waals surface area contributed by atoms with Gasteiger partial charge >= 0.3 is 6.18 Å². The molecule has 0 radical (unpaired) electrons. The van der Waals surface area contributed by atoms with Crippen LogP contribution in [0, 0.1) is 5.92 Å². The van der Waals surface area contributed by atoms with Crippen LogP contribution in [0.4, 0.5) is 18.9 Å². The smallest absolute Gasteiger partial charge is 0.368 e. The quantitative estimate of drug-likeness (QED) is 0.790. The Morgan fingerprint density at radius 2 is 2.05 bits per heavy atom. The van der Waals surface area contributed by atoms with Gasteiger partial charge in [0.1, 0.15) is 5.69 Å². The van der Waals surface area contributed by atoms with Crippen molar-refractivity contribution < 1.29 is 13.2 Å². The molecule has 6 heteroatoms. The molecule has 3 heterocycles. The van der Waals surface area contributed by atoms with Crippen LogP contribution >= 0.6 is 0 Å². The molecular weight excluding hydrogens is 267 g/mol. The Labute approximate surface area is 116 Å². The number of anilines is 1. The molecule has 0 bridgehead atoms. The van der Waals surface area contributed by atoms with Gasteiger partial charge in [0, 0.05) is 31.0 Å². The second-order valence-corrected chi connectivity index (χ2v) is 5.76. The maximum absolute atomic E-state index is 12.8. The van der Waals surface area contributed by atoms with E-state index in [-0.39, 0.29) is 0 Å². The van der Waals surface area contributed by atoms with Crippen molar-refractivity contribution in [1.82, 2.24) is 9.88 Å². The molecule has 3 rings (SSSR count). The van der Waals surface area contributed by atoms with Crippen LogP contribution in [0.1, 0.15) is 18.5 Å². The number of likely N-dealkylation sites (tertiary alicyclic amines) is 1. The number of aromatic nitrogens is 1. The summed E-state index contributed by atoms with van der Waals surface area (Å²) in [5.41, 5.74) is -0.143. The average molecular weight is 285 g/mol. The largest absolute Gasteiger partial charge is 0.433 e. The molecule has 0 saturated carbocycles. The standard InChI is InChI=1S/C14H18F3N3/c1-19-6-4-12-10(9-19)3-7-20(12)11-2-5-18-13(8-11)14(15,16)17/h2,5,8,10,12H,3-4,6-7,9H2,1H3/t10-,12?/m1/s1. The van der Waals surface area contributed by atoms with E-state index in [0.717, 1.165) is 32.5 Å². The van der Waals surface area contributed by atoms with E-state index >= 15 is 0 Å². The summed E-state index contributed by atoms with van der Waals surface area (Å²) >= 11 is 0. The first kappa shape index (κ1) is 13.7. The molecule has 20 heavy (non-hydrogen) atoms. The number of pyridine rings is 1. The second-order valence-electron chi connectivity index (χ2n) is 5.76. The summed E-state index contributed by atoms with van der Waals surface area (Å²) in [6.07, 6.45) is -1.04. The van der Waals surface area contributed by atoms with E-state index in [0.29, 0.717) is 17.6 Å². The number of piperidine rings is 1. The lowest BCUT2D eigenvalue weighted by molar-refractivity contribution is -0.141. The minimum absolute atomic E-state index is 0.370. The van der Waals surface area contributed by atoms with Crippen molar-refractivity contribution in [3.63, 3.8) is 0 Å². The van der Waals surface area contributed by atoms with Gasteiger partial charge in [-0.3, -0.25) is 4.98 Å². The van der Waals surface area contributed by atoms with E-state index < -0.39 is 11.9 Å². The van der Waals surface area contributed by atoms with E-state index in [9.17, 15) is 13.2 Å². The molecule has 1 unspecified atom stereocenters. The number of halogens is 3. The summed E-state index contributed by atoms with van der Waals surface area (Å²) in [7, 11) is 2.10. The van der Waals surface area contributed by atoms with Crippen LogP contribution < -0.4 is 4.90 Å². The normalized spacial score (nSPS) is 27.7. The maximum Gasteiger partial charge on any atom is 0.433 e. The molecule has 2 atom stereocenters. The lowest BCUT2D eigenvalue weighted by Gasteiger charge is -2.37. The number of hydrogen-bond donors (Lipinski definition) is 0. The fraction of sp³-hybridized carbons (Fsp3) is 0.643. The number of nitrogens with zero attached hydrogens (tertiary/aromatic N) is 3. The molecule has 0 N–H and O–H groups in total. The summed E-state index contributed by atoms with van der Waals surface area (Å²) < 4.78 is 38.3. The SMILES string of the molecule is CN1CCC2[C@H](CCN2c2ccnc(C(F)(F)F)c2)C1. The first-order chi connectivity index (χ1) is 9.45. The summed E-state index contributed by atoms with van der Waals surface area (Å²) in [6.45, 7) is 2.89. The number of alkyl halides is 3. The van der Waals surface area contributed by atoms with Crippen LogP contribution in [0.5, 0.6) is 0 Å². The Balaban J connectivity index is 1.83. The molecule has 110 valence electrons. The van der Waals surface area contributed by atoms with Gasteiger partial charge in [-0.15, -0.1) is 0 Å². The molecule has 0 aromatic carbocycles. The molecule has 0 aliphatic carbocycles. The Hall–Kier alpha value is -1.30. The van der Waals surface area contributed by atoms with Crippen LogP contribution in [0.3, 0.4) is 0 Å². The van der Waals surface area contributed by atoms with Crippen molar-refractivity contribution in [3.8, 4) is 0 Å².